The Kier molecular flexibility index (Phi) is 6.58. The van der Waals surface area contributed by atoms with Gasteiger partial charge in [-0.25, -0.2) is 0 Å². The maximum absolute atomic E-state index is 13.9. The molecule has 0 unspecified atom stereocenters. The first kappa shape index (κ1) is 28.5. The lowest BCUT2D eigenvalue weighted by Crippen LogP contribution is -2.30. The second-order valence-corrected chi connectivity index (χ2v) is 11.8. The zero-order valence-corrected chi connectivity index (χ0v) is 23.9. The van der Waals surface area contributed by atoms with Gasteiger partial charge in [-0.3, -0.25) is 19.5 Å². The molecular weight excluding hydrogens is 582 g/mol. The summed E-state index contributed by atoms with van der Waals surface area (Å²) in [6.07, 6.45) is -7.50. The number of pyridine rings is 1. The number of aromatic nitrogens is 3. The van der Waals surface area contributed by atoms with E-state index in [1.165, 1.54) is 0 Å². The summed E-state index contributed by atoms with van der Waals surface area (Å²) in [4.78, 5) is 6.36. The molecule has 3 aromatic heterocycles. The van der Waals surface area contributed by atoms with Crippen molar-refractivity contribution in [2.45, 2.75) is 45.7 Å². The summed E-state index contributed by atoms with van der Waals surface area (Å²) in [5, 5.41) is 7.49. The van der Waals surface area contributed by atoms with Gasteiger partial charge in [0.05, 0.1) is 28.8 Å². The number of rotatable bonds is 5. The average Bonchev–Trinajstić information content (AvgIpc) is 3.59. The molecule has 5 nitrogen and oxygen atoms in total. The molecule has 0 spiro atoms. The van der Waals surface area contributed by atoms with Crippen LogP contribution in [-0.4, -0.2) is 32.6 Å². The summed E-state index contributed by atoms with van der Waals surface area (Å²) in [6.45, 7) is 5.27. The van der Waals surface area contributed by atoms with E-state index >= 15 is 0 Å². The molecule has 0 fully saturated rings. The van der Waals surface area contributed by atoms with Crippen LogP contribution in [0.2, 0.25) is 0 Å². The van der Waals surface area contributed by atoms with E-state index in [9.17, 15) is 26.3 Å². The van der Waals surface area contributed by atoms with Gasteiger partial charge in [-0.05, 0) is 47.9 Å². The molecule has 0 saturated carbocycles. The van der Waals surface area contributed by atoms with Gasteiger partial charge in [-0.15, -0.1) is 0 Å². The van der Waals surface area contributed by atoms with Gasteiger partial charge in [0.1, 0.15) is 11.3 Å². The minimum absolute atomic E-state index is 0.144. The maximum Gasteiger partial charge on any atom is 0.416 e. The van der Waals surface area contributed by atoms with E-state index in [0.29, 0.717) is 37.8 Å². The fourth-order valence-electron chi connectivity index (χ4n) is 6.36. The number of alkyl halides is 6. The Balaban J connectivity index is 1.39. The minimum atomic E-state index is -4.92. The Bertz CT molecular complexity index is 2050. The third kappa shape index (κ3) is 4.74. The van der Waals surface area contributed by atoms with Gasteiger partial charge in [0.15, 0.2) is 0 Å². The van der Waals surface area contributed by atoms with E-state index < -0.39 is 23.5 Å². The lowest BCUT2D eigenvalue weighted by atomic mass is 9.97. The highest BCUT2D eigenvalue weighted by molar-refractivity contribution is 6.24. The predicted octanol–water partition coefficient (Wildman–Crippen LogP) is 8.75. The normalized spacial score (nSPS) is 14.8. The minimum Gasteiger partial charge on any atom is -0.491 e. The van der Waals surface area contributed by atoms with Crippen molar-refractivity contribution in [1.29, 1.82) is 0 Å². The molecular formula is C33H28F6N4O. The molecule has 7 rings (SSSR count). The van der Waals surface area contributed by atoms with Crippen LogP contribution in [0.25, 0.3) is 38.1 Å². The smallest absolute Gasteiger partial charge is 0.416 e. The summed E-state index contributed by atoms with van der Waals surface area (Å²) in [6, 6.07) is 13.8. The van der Waals surface area contributed by atoms with Crippen LogP contribution < -0.4 is 4.74 Å². The molecule has 0 bridgehead atoms. The van der Waals surface area contributed by atoms with Crippen molar-refractivity contribution in [2.75, 3.05) is 13.2 Å². The van der Waals surface area contributed by atoms with Crippen molar-refractivity contribution >= 4 is 38.1 Å². The van der Waals surface area contributed by atoms with E-state index in [-0.39, 0.29) is 18.2 Å². The van der Waals surface area contributed by atoms with Crippen LogP contribution in [0.4, 0.5) is 26.3 Å². The highest BCUT2D eigenvalue weighted by Crippen LogP contribution is 2.42. The van der Waals surface area contributed by atoms with Crippen LogP contribution in [0.15, 0.2) is 60.8 Å². The molecule has 11 heteroatoms. The second kappa shape index (κ2) is 10.2. The molecule has 0 aliphatic carbocycles. The van der Waals surface area contributed by atoms with Gasteiger partial charge in [-0.1, -0.05) is 32.0 Å². The Morgan fingerprint density at radius 2 is 1.70 bits per heavy atom. The molecule has 0 radical (unpaired) electrons. The van der Waals surface area contributed by atoms with Crippen LogP contribution in [-0.2, 0) is 31.9 Å². The number of para-hydroxylation sites is 1. The van der Waals surface area contributed by atoms with Gasteiger partial charge in [0.2, 0.25) is 0 Å². The molecule has 228 valence electrons. The SMILES string of the molecule is CC(C)COc1cccc2c3c4ccnc4ccc3c3c4c([nH]n3c12)CCN(Cc1ccc(C(F)(F)F)cc1C(F)(F)F)C4. The first-order valence-electron chi connectivity index (χ1n) is 14.4. The lowest BCUT2D eigenvalue weighted by Gasteiger charge is -2.28. The van der Waals surface area contributed by atoms with Crippen molar-refractivity contribution in [3.05, 3.63) is 88.7 Å². The van der Waals surface area contributed by atoms with Gasteiger partial charge in [0.25, 0.3) is 0 Å². The number of halogens is 6. The molecule has 1 N–H and O–H groups in total. The van der Waals surface area contributed by atoms with E-state index in [1.807, 2.05) is 45.8 Å². The van der Waals surface area contributed by atoms with Crippen molar-refractivity contribution in [3.8, 4) is 5.75 Å². The fraction of sp³-hybridized carbons (Fsp3) is 0.303. The number of nitrogens with one attached hydrogen (secondary N) is 1. The molecule has 44 heavy (non-hydrogen) atoms. The van der Waals surface area contributed by atoms with E-state index in [4.69, 9.17) is 4.74 Å². The summed E-state index contributed by atoms with van der Waals surface area (Å²) in [7, 11) is 0. The number of fused-ring (bicyclic) bond motifs is 10. The Labute approximate surface area is 248 Å². The molecule has 6 aromatic rings. The Morgan fingerprint density at radius 1 is 0.909 bits per heavy atom. The summed E-state index contributed by atoms with van der Waals surface area (Å²) >= 11 is 0. The van der Waals surface area contributed by atoms with Crippen molar-refractivity contribution in [3.63, 3.8) is 0 Å². The molecule has 4 heterocycles. The van der Waals surface area contributed by atoms with Crippen LogP contribution in [0.5, 0.6) is 5.75 Å². The Hall–Kier alpha value is -4.25. The zero-order chi connectivity index (χ0) is 31.0. The maximum atomic E-state index is 13.9. The molecule has 3 aromatic carbocycles. The molecule has 0 amide bonds. The van der Waals surface area contributed by atoms with Gasteiger partial charge in [-0.2, -0.15) is 26.3 Å². The van der Waals surface area contributed by atoms with Crippen LogP contribution in [0.3, 0.4) is 0 Å². The predicted molar refractivity (Wildman–Crippen MR) is 157 cm³/mol. The van der Waals surface area contributed by atoms with E-state index in [2.05, 4.69) is 23.9 Å². The monoisotopic (exact) mass is 610 g/mol. The third-order valence-electron chi connectivity index (χ3n) is 8.31. The van der Waals surface area contributed by atoms with E-state index in [1.54, 1.807) is 6.20 Å². The number of benzene rings is 3. The molecule has 0 atom stereocenters. The first-order chi connectivity index (χ1) is 20.9. The summed E-state index contributed by atoms with van der Waals surface area (Å²) < 4.78 is 89.9. The fourth-order valence-corrected chi connectivity index (χ4v) is 6.36. The quantitative estimate of drug-likeness (QED) is 0.157. The largest absolute Gasteiger partial charge is 0.491 e. The van der Waals surface area contributed by atoms with Gasteiger partial charge < -0.3 is 4.74 Å². The summed E-state index contributed by atoms with van der Waals surface area (Å²) in [5.74, 6) is 1.01. The van der Waals surface area contributed by atoms with Crippen molar-refractivity contribution < 1.29 is 31.1 Å². The number of ether oxygens (including phenoxy) is 1. The number of aromatic amines is 1. The summed E-state index contributed by atoms with van der Waals surface area (Å²) in [5.41, 5.74) is 1.71. The first-order valence-corrected chi connectivity index (χ1v) is 14.4. The molecule has 1 aliphatic heterocycles. The van der Waals surface area contributed by atoms with E-state index in [0.717, 1.165) is 61.5 Å². The lowest BCUT2D eigenvalue weighted by molar-refractivity contribution is -0.143. The second-order valence-electron chi connectivity index (χ2n) is 11.8. The zero-order valence-electron chi connectivity index (χ0n) is 23.9. The number of hydrogen-bond acceptors (Lipinski definition) is 3. The standard InChI is InChI=1S/C33H28F6N4O/c1-18(2)17-44-28-5-3-4-22-29-21-10-12-40-26(21)9-8-23(29)30-24-16-42(13-11-27(24)41-43(30)31(22)28)15-19-6-7-20(32(34,35)36)14-25(19)33(37,38)39/h3-10,12,14,18,41H,11,13,15-17H2,1-2H3. The van der Waals surface area contributed by atoms with Crippen LogP contribution >= 0.6 is 0 Å². The van der Waals surface area contributed by atoms with Gasteiger partial charge >= 0.3 is 12.4 Å². The number of hydrogen-bond donors (Lipinski definition) is 1. The van der Waals surface area contributed by atoms with Crippen LogP contribution in [0, 0.1) is 5.92 Å². The van der Waals surface area contributed by atoms with Gasteiger partial charge in [0, 0.05) is 65.1 Å². The Morgan fingerprint density at radius 3 is 2.45 bits per heavy atom. The molecule has 0 saturated heterocycles. The third-order valence-corrected chi connectivity index (χ3v) is 8.31. The van der Waals surface area contributed by atoms with Crippen molar-refractivity contribution in [1.82, 2.24) is 19.5 Å². The number of nitrogens with zero attached hydrogens (tertiary/aromatic N) is 3. The highest BCUT2D eigenvalue weighted by Gasteiger charge is 2.38. The highest BCUT2D eigenvalue weighted by atomic mass is 19.4. The topological polar surface area (TPSA) is 45.6 Å². The average molecular weight is 611 g/mol. The van der Waals surface area contributed by atoms with Crippen molar-refractivity contribution in [2.24, 2.45) is 5.92 Å². The van der Waals surface area contributed by atoms with Crippen LogP contribution in [0.1, 0.15) is 41.8 Å². The molecule has 1 aliphatic rings. The number of H-pyrrole nitrogens is 1.